The van der Waals surface area contributed by atoms with E-state index in [0.29, 0.717) is 25.5 Å². The first kappa shape index (κ1) is 14.8. The third-order valence-corrected chi connectivity index (χ3v) is 2.52. The minimum atomic E-state index is -4.33. The Hall–Kier alpha value is -1.30. The van der Waals surface area contributed by atoms with E-state index in [-0.39, 0.29) is 0 Å². The number of halogens is 3. The zero-order valence-electron chi connectivity index (χ0n) is 10.4. The van der Waals surface area contributed by atoms with Crippen molar-refractivity contribution >= 4 is 5.82 Å². The van der Waals surface area contributed by atoms with Crippen LogP contribution < -0.4 is 10.6 Å². The fourth-order valence-corrected chi connectivity index (χ4v) is 1.66. The molecule has 0 spiro atoms. The fourth-order valence-electron chi connectivity index (χ4n) is 1.66. The van der Waals surface area contributed by atoms with E-state index in [9.17, 15) is 13.2 Å². The number of nitrogens with two attached hydrogens (primary N) is 1. The summed E-state index contributed by atoms with van der Waals surface area (Å²) in [6.45, 7) is 3.79. The number of alkyl halides is 3. The molecule has 0 bridgehead atoms. The van der Waals surface area contributed by atoms with Gasteiger partial charge in [0.2, 0.25) is 0 Å². The van der Waals surface area contributed by atoms with Crippen LogP contribution in [0.2, 0.25) is 0 Å². The summed E-state index contributed by atoms with van der Waals surface area (Å²) in [4.78, 5) is 5.85. The highest BCUT2D eigenvalue weighted by Gasteiger charge is 2.31. The Bertz CT molecular complexity index is 366. The summed E-state index contributed by atoms with van der Waals surface area (Å²) in [5.41, 5.74) is 4.76. The van der Waals surface area contributed by atoms with Crippen molar-refractivity contribution < 1.29 is 13.2 Å². The Labute approximate surface area is 105 Å². The molecule has 0 aliphatic heterocycles. The second-order valence-corrected chi connectivity index (χ2v) is 4.03. The Kier molecular flexibility index (Phi) is 5.40. The Morgan fingerprint density at radius 2 is 2.06 bits per heavy atom. The minimum Gasteiger partial charge on any atom is -0.357 e. The van der Waals surface area contributed by atoms with Crippen molar-refractivity contribution in [3.05, 3.63) is 23.9 Å². The van der Waals surface area contributed by atoms with E-state index >= 15 is 0 Å². The van der Waals surface area contributed by atoms with E-state index in [0.717, 1.165) is 25.0 Å². The van der Waals surface area contributed by atoms with Crippen molar-refractivity contribution in [1.82, 2.24) is 4.98 Å². The van der Waals surface area contributed by atoms with Crippen molar-refractivity contribution in [2.75, 3.05) is 24.5 Å². The maximum absolute atomic E-state index is 12.6. The van der Waals surface area contributed by atoms with E-state index in [1.165, 1.54) is 6.20 Å². The molecule has 0 fully saturated rings. The molecule has 1 rings (SSSR count). The van der Waals surface area contributed by atoms with Gasteiger partial charge in [0, 0.05) is 19.3 Å². The number of rotatable bonds is 6. The molecule has 0 aliphatic rings. The molecule has 3 nitrogen and oxygen atoms in total. The summed E-state index contributed by atoms with van der Waals surface area (Å²) in [5, 5.41) is 0. The zero-order valence-corrected chi connectivity index (χ0v) is 10.4. The predicted molar refractivity (Wildman–Crippen MR) is 65.4 cm³/mol. The van der Waals surface area contributed by atoms with Crippen LogP contribution in [0.15, 0.2) is 18.3 Å². The van der Waals surface area contributed by atoms with Crippen LogP contribution in [0.5, 0.6) is 0 Å². The van der Waals surface area contributed by atoms with Gasteiger partial charge in [-0.2, -0.15) is 13.2 Å². The van der Waals surface area contributed by atoms with Crippen LogP contribution in [0.1, 0.15) is 25.3 Å². The molecule has 1 aromatic rings. The second-order valence-electron chi connectivity index (χ2n) is 4.03. The highest BCUT2D eigenvalue weighted by Crippen LogP contribution is 2.30. The van der Waals surface area contributed by atoms with Gasteiger partial charge < -0.3 is 10.6 Å². The maximum Gasteiger partial charge on any atom is 0.416 e. The highest BCUT2D eigenvalue weighted by molar-refractivity contribution is 5.41. The van der Waals surface area contributed by atoms with Crippen molar-refractivity contribution in [2.24, 2.45) is 5.73 Å². The molecule has 18 heavy (non-hydrogen) atoms. The lowest BCUT2D eigenvalue weighted by molar-refractivity contribution is -0.137. The first-order chi connectivity index (χ1) is 8.49. The standard InChI is InChI=1S/C12H18F3N3/c1-2-7-18(8-3-5-16)11-9-10(4-6-17-11)12(13,14)15/h4,6,9H,2-3,5,7-8,16H2,1H3. The molecule has 0 aromatic carbocycles. The largest absolute Gasteiger partial charge is 0.416 e. The van der Waals surface area contributed by atoms with Crippen LogP contribution in [-0.2, 0) is 6.18 Å². The predicted octanol–water partition coefficient (Wildman–Crippen LogP) is 2.67. The average molecular weight is 261 g/mol. The number of pyridine rings is 1. The van der Waals surface area contributed by atoms with Crippen molar-refractivity contribution in [1.29, 1.82) is 0 Å². The van der Waals surface area contributed by atoms with Gasteiger partial charge >= 0.3 is 6.18 Å². The molecule has 0 aliphatic carbocycles. The van der Waals surface area contributed by atoms with E-state index in [1.54, 1.807) is 0 Å². The maximum atomic E-state index is 12.6. The summed E-state index contributed by atoms with van der Waals surface area (Å²) in [6.07, 6.45) is -1.55. The van der Waals surface area contributed by atoms with Gasteiger partial charge in [0.25, 0.3) is 0 Å². The quantitative estimate of drug-likeness (QED) is 0.856. The Morgan fingerprint density at radius 3 is 2.61 bits per heavy atom. The smallest absolute Gasteiger partial charge is 0.357 e. The van der Waals surface area contributed by atoms with Crippen LogP contribution >= 0.6 is 0 Å². The van der Waals surface area contributed by atoms with Crippen LogP contribution in [0.25, 0.3) is 0 Å². The average Bonchev–Trinajstić information content (AvgIpc) is 2.33. The first-order valence-electron chi connectivity index (χ1n) is 5.97. The third-order valence-electron chi connectivity index (χ3n) is 2.52. The SMILES string of the molecule is CCCN(CCCN)c1cc(C(F)(F)F)ccn1. The van der Waals surface area contributed by atoms with Crippen molar-refractivity contribution in [2.45, 2.75) is 25.9 Å². The summed E-state index contributed by atoms with van der Waals surface area (Å²) in [6, 6.07) is 2.07. The molecule has 0 atom stereocenters. The van der Waals surface area contributed by atoms with Gasteiger partial charge in [-0.1, -0.05) is 6.92 Å². The summed E-state index contributed by atoms with van der Waals surface area (Å²) < 4.78 is 37.8. The Balaban J connectivity index is 2.90. The van der Waals surface area contributed by atoms with Gasteiger partial charge in [-0.25, -0.2) is 4.98 Å². The molecule has 6 heteroatoms. The molecule has 0 saturated carbocycles. The van der Waals surface area contributed by atoms with Gasteiger partial charge in [-0.3, -0.25) is 0 Å². The van der Waals surface area contributed by atoms with Crippen molar-refractivity contribution in [3.63, 3.8) is 0 Å². The van der Waals surface area contributed by atoms with Gasteiger partial charge in [0.05, 0.1) is 5.56 Å². The lowest BCUT2D eigenvalue weighted by Gasteiger charge is -2.23. The normalized spacial score (nSPS) is 11.6. The van der Waals surface area contributed by atoms with Crippen LogP contribution in [-0.4, -0.2) is 24.6 Å². The van der Waals surface area contributed by atoms with E-state index < -0.39 is 11.7 Å². The summed E-state index contributed by atoms with van der Waals surface area (Å²) in [7, 11) is 0. The monoisotopic (exact) mass is 261 g/mol. The molecule has 0 saturated heterocycles. The molecule has 2 N–H and O–H groups in total. The summed E-state index contributed by atoms with van der Waals surface area (Å²) in [5.74, 6) is 0.361. The van der Waals surface area contributed by atoms with E-state index in [2.05, 4.69) is 4.98 Å². The zero-order chi connectivity index (χ0) is 13.6. The van der Waals surface area contributed by atoms with Gasteiger partial charge in [0.1, 0.15) is 5.82 Å². The molecule has 0 amide bonds. The lowest BCUT2D eigenvalue weighted by atomic mass is 10.2. The number of aromatic nitrogens is 1. The topological polar surface area (TPSA) is 42.1 Å². The molecule has 1 aromatic heterocycles. The van der Waals surface area contributed by atoms with E-state index in [1.807, 2.05) is 11.8 Å². The van der Waals surface area contributed by atoms with Gasteiger partial charge in [0.15, 0.2) is 0 Å². The molecular weight excluding hydrogens is 243 g/mol. The molecule has 102 valence electrons. The van der Waals surface area contributed by atoms with Gasteiger partial charge in [-0.15, -0.1) is 0 Å². The number of hydrogen-bond acceptors (Lipinski definition) is 3. The molecule has 0 unspecified atom stereocenters. The van der Waals surface area contributed by atoms with Crippen LogP contribution in [0.3, 0.4) is 0 Å². The fraction of sp³-hybridized carbons (Fsp3) is 0.583. The number of hydrogen-bond donors (Lipinski definition) is 1. The molecule has 0 radical (unpaired) electrons. The lowest BCUT2D eigenvalue weighted by Crippen LogP contribution is -2.28. The highest BCUT2D eigenvalue weighted by atomic mass is 19.4. The van der Waals surface area contributed by atoms with E-state index in [4.69, 9.17) is 5.73 Å². The second kappa shape index (κ2) is 6.58. The molecule has 1 heterocycles. The Morgan fingerprint density at radius 1 is 1.33 bits per heavy atom. The van der Waals surface area contributed by atoms with Crippen molar-refractivity contribution in [3.8, 4) is 0 Å². The number of nitrogens with zero attached hydrogens (tertiary/aromatic N) is 2. The minimum absolute atomic E-state index is 0.361. The first-order valence-corrected chi connectivity index (χ1v) is 5.97. The van der Waals surface area contributed by atoms with Crippen LogP contribution in [0, 0.1) is 0 Å². The third kappa shape index (κ3) is 4.18. The van der Waals surface area contributed by atoms with Gasteiger partial charge in [-0.05, 0) is 31.5 Å². The van der Waals surface area contributed by atoms with Crippen LogP contribution in [0.4, 0.5) is 19.0 Å². The summed E-state index contributed by atoms with van der Waals surface area (Å²) >= 11 is 0. The number of anilines is 1. The molecular formula is C12H18F3N3.